The predicted molar refractivity (Wildman–Crippen MR) is 84.3 cm³/mol. The second-order valence-corrected chi connectivity index (χ2v) is 7.83. The van der Waals surface area contributed by atoms with E-state index in [1.54, 1.807) is 29.6 Å². The molecule has 0 saturated carbocycles. The summed E-state index contributed by atoms with van der Waals surface area (Å²) in [5.74, 6) is 1.15. The second-order valence-electron chi connectivity index (χ2n) is 5.68. The lowest BCUT2D eigenvalue weighted by Crippen LogP contribution is -2.38. The van der Waals surface area contributed by atoms with Gasteiger partial charge in [-0.3, -0.25) is 0 Å². The van der Waals surface area contributed by atoms with E-state index in [1.165, 1.54) is 0 Å². The number of benzene rings is 1. The maximum absolute atomic E-state index is 12.9. The molecule has 1 aromatic carbocycles. The van der Waals surface area contributed by atoms with Crippen molar-refractivity contribution in [3.05, 3.63) is 23.8 Å². The highest BCUT2D eigenvalue weighted by atomic mass is 35.5. The molecule has 0 spiro atoms. The lowest BCUT2D eigenvalue weighted by atomic mass is 10.0. The zero-order valence-corrected chi connectivity index (χ0v) is 14.2. The van der Waals surface area contributed by atoms with Gasteiger partial charge in [-0.2, -0.15) is 4.31 Å². The predicted octanol–water partition coefficient (Wildman–Crippen LogP) is 3.24. The highest BCUT2D eigenvalue weighted by molar-refractivity contribution is 7.89. The van der Waals surface area contributed by atoms with Crippen LogP contribution in [0.5, 0.6) is 5.75 Å². The van der Waals surface area contributed by atoms with Crippen molar-refractivity contribution in [3.63, 3.8) is 0 Å². The first-order valence-corrected chi connectivity index (χ1v) is 9.14. The Bertz CT molecular complexity index is 601. The number of sulfonamides is 1. The Labute approximate surface area is 132 Å². The van der Waals surface area contributed by atoms with Crippen molar-refractivity contribution >= 4 is 21.6 Å². The van der Waals surface area contributed by atoms with Crippen molar-refractivity contribution < 1.29 is 13.2 Å². The number of nitrogens with zero attached hydrogens (tertiary/aromatic N) is 1. The fourth-order valence-corrected chi connectivity index (χ4v) is 4.97. The van der Waals surface area contributed by atoms with Gasteiger partial charge in [0.05, 0.1) is 17.9 Å². The summed E-state index contributed by atoms with van der Waals surface area (Å²) >= 11 is 5.88. The third-order valence-electron chi connectivity index (χ3n) is 4.02. The van der Waals surface area contributed by atoms with Crippen molar-refractivity contribution in [2.24, 2.45) is 5.92 Å². The Morgan fingerprint density at radius 3 is 2.71 bits per heavy atom. The molecule has 0 N–H and O–H groups in total. The summed E-state index contributed by atoms with van der Waals surface area (Å²) in [7, 11) is -1.92. The van der Waals surface area contributed by atoms with Crippen molar-refractivity contribution in [1.82, 2.24) is 4.31 Å². The number of alkyl halides is 1. The van der Waals surface area contributed by atoms with Crippen LogP contribution in [0.15, 0.2) is 23.1 Å². The lowest BCUT2D eigenvalue weighted by molar-refractivity contribution is 0.315. The number of ether oxygens (including phenoxy) is 1. The third-order valence-corrected chi connectivity index (χ3v) is 6.23. The molecular formula is C15H22ClNO3S. The molecule has 2 rings (SSSR count). The molecule has 0 bridgehead atoms. The minimum atomic E-state index is -3.47. The number of methoxy groups -OCH3 is 1. The topological polar surface area (TPSA) is 46.6 Å². The summed E-state index contributed by atoms with van der Waals surface area (Å²) in [6, 6.07) is 4.97. The summed E-state index contributed by atoms with van der Waals surface area (Å²) in [4.78, 5) is 0.298. The largest absolute Gasteiger partial charge is 0.496 e. The van der Waals surface area contributed by atoms with Crippen molar-refractivity contribution in [2.45, 2.75) is 43.5 Å². The quantitative estimate of drug-likeness (QED) is 0.778. The average Bonchev–Trinajstić information content (AvgIpc) is 2.96. The van der Waals surface area contributed by atoms with Crippen molar-refractivity contribution in [3.8, 4) is 5.75 Å². The van der Waals surface area contributed by atoms with Gasteiger partial charge >= 0.3 is 0 Å². The van der Waals surface area contributed by atoms with Crippen LogP contribution in [0.4, 0.5) is 0 Å². The summed E-state index contributed by atoms with van der Waals surface area (Å²) in [6.45, 7) is 4.72. The highest BCUT2D eigenvalue weighted by Crippen LogP contribution is 2.32. The molecule has 1 aliphatic heterocycles. The normalized spacial score (nSPS) is 20.1. The number of hydrogen-bond donors (Lipinski definition) is 0. The standard InChI is InChI=1S/C15H22ClNO3S/c1-11(2)14-5-4-8-17(14)21(18,19)13-6-7-15(20-3)12(9-13)10-16/h6-7,9,11,14H,4-5,8,10H2,1-3H3. The van der Waals surface area contributed by atoms with E-state index in [9.17, 15) is 8.42 Å². The first-order valence-electron chi connectivity index (χ1n) is 7.16. The molecule has 0 aromatic heterocycles. The summed E-state index contributed by atoms with van der Waals surface area (Å²) in [5, 5.41) is 0. The maximum Gasteiger partial charge on any atom is 0.243 e. The van der Waals surface area contributed by atoms with E-state index in [0.717, 1.165) is 12.8 Å². The molecule has 1 fully saturated rings. The van der Waals surface area contributed by atoms with Gasteiger partial charge < -0.3 is 4.74 Å². The third kappa shape index (κ3) is 3.20. The van der Waals surface area contributed by atoms with Gasteiger partial charge in [-0.15, -0.1) is 11.6 Å². The SMILES string of the molecule is COc1ccc(S(=O)(=O)N2CCCC2C(C)C)cc1CCl. The van der Waals surface area contributed by atoms with Crippen molar-refractivity contribution in [2.75, 3.05) is 13.7 Å². The van der Waals surface area contributed by atoms with Gasteiger partial charge in [-0.1, -0.05) is 13.8 Å². The number of halogens is 1. The minimum absolute atomic E-state index is 0.0801. The van der Waals surface area contributed by atoms with Crippen LogP contribution in [-0.4, -0.2) is 32.4 Å². The van der Waals surface area contributed by atoms with E-state index in [0.29, 0.717) is 28.7 Å². The molecular weight excluding hydrogens is 310 g/mol. The molecule has 1 heterocycles. The molecule has 6 heteroatoms. The summed E-state index contributed by atoms with van der Waals surface area (Å²) < 4.78 is 32.6. The number of hydrogen-bond acceptors (Lipinski definition) is 3. The first kappa shape index (κ1) is 16.6. The Morgan fingerprint density at radius 1 is 1.43 bits per heavy atom. The Kier molecular flexibility index (Phi) is 5.17. The summed E-state index contributed by atoms with van der Waals surface area (Å²) in [5.41, 5.74) is 0.695. The molecule has 118 valence electrons. The van der Waals surface area contributed by atoms with E-state index in [4.69, 9.17) is 16.3 Å². The van der Waals surface area contributed by atoms with Crippen LogP contribution in [0.25, 0.3) is 0 Å². The molecule has 1 aromatic rings. The fraction of sp³-hybridized carbons (Fsp3) is 0.600. The molecule has 0 radical (unpaired) electrons. The van der Waals surface area contributed by atoms with Crippen LogP contribution < -0.4 is 4.74 Å². The van der Waals surface area contributed by atoms with Crippen LogP contribution in [0, 0.1) is 5.92 Å². The summed E-state index contributed by atoms with van der Waals surface area (Å²) in [6.07, 6.45) is 1.84. The maximum atomic E-state index is 12.9. The van der Waals surface area contributed by atoms with Crippen LogP contribution in [0.3, 0.4) is 0 Å². The Balaban J connectivity index is 2.40. The second kappa shape index (κ2) is 6.55. The van der Waals surface area contributed by atoms with E-state index in [1.807, 2.05) is 0 Å². The average molecular weight is 332 g/mol. The Morgan fingerprint density at radius 2 is 2.14 bits per heavy atom. The van der Waals surface area contributed by atoms with Gasteiger partial charge in [0.15, 0.2) is 0 Å². The molecule has 4 nitrogen and oxygen atoms in total. The molecule has 1 atom stereocenters. The molecule has 1 unspecified atom stereocenters. The molecule has 0 aliphatic carbocycles. The van der Waals surface area contributed by atoms with Gasteiger partial charge in [0.1, 0.15) is 5.75 Å². The molecule has 0 amide bonds. The lowest BCUT2D eigenvalue weighted by Gasteiger charge is -2.27. The molecule has 1 saturated heterocycles. The number of rotatable bonds is 5. The monoisotopic (exact) mass is 331 g/mol. The first-order chi connectivity index (χ1) is 9.91. The van der Waals surface area contributed by atoms with Crippen LogP contribution in [0.1, 0.15) is 32.3 Å². The van der Waals surface area contributed by atoms with Crippen LogP contribution in [0.2, 0.25) is 0 Å². The van der Waals surface area contributed by atoms with Crippen molar-refractivity contribution in [1.29, 1.82) is 0 Å². The fourth-order valence-electron chi connectivity index (χ4n) is 2.89. The van der Waals surface area contributed by atoms with Gasteiger partial charge in [0, 0.05) is 18.2 Å². The van der Waals surface area contributed by atoms with E-state index < -0.39 is 10.0 Å². The van der Waals surface area contributed by atoms with Crippen LogP contribution in [-0.2, 0) is 15.9 Å². The molecule has 1 aliphatic rings. The van der Waals surface area contributed by atoms with Gasteiger partial charge in [-0.25, -0.2) is 8.42 Å². The van der Waals surface area contributed by atoms with Gasteiger partial charge in [0.2, 0.25) is 10.0 Å². The Hall–Kier alpha value is -0.780. The zero-order chi connectivity index (χ0) is 15.6. The zero-order valence-electron chi connectivity index (χ0n) is 12.7. The van der Waals surface area contributed by atoms with E-state index in [2.05, 4.69) is 13.8 Å². The van der Waals surface area contributed by atoms with Gasteiger partial charge in [0.25, 0.3) is 0 Å². The minimum Gasteiger partial charge on any atom is -0.496 e. The smallest absolute Gasteiger partial charge is 0.243 e. The van der Waals surface area contributed by atoms with E-state index in [-0.39, 0.29) is 11.9 Å². The molecule has 21 heavy (non-hydrogen) atoms. The van der Waals surface area contributed by atoms with Crippen LogP contribution >= 0.6 is 11.6 Å². The van der Waals surface area contributed by atoms with E-state index >= 15 is 0 Å². The highest BCUT2D eigenvalue weighted by Gasteiger charge is 2.36. The van der Waals surface area contributed by atoms with Gasteiger partial charge in [-0.05, 0) is 37.0 Å².